The zero-order valence-corrected chi connectivity index (χ0v) is 14.6. The molecule has 1 saturated heterocycles. The maximum atomic E-state index is 12.0. The highest BCUT2D eigenvalue weighted by atomic mass is 16.6. The second kappa shape index (κ2) is 9.01. The van der Waals surface area contributed by atoms with Gasteiger partial charge in [-0.1, -0.05) is 12.1 Å². The van der Waals surface area contributed by atoms with Crippen molar-refractivity contribution in [1.29, 1.82) is 0 Å². The number of benzene rings is 1. The summed E-state index contributed by atoms with van der Waals surface area (Å²) in [4.78, 5) is 37.4. The lowest BCUT2D eigenvalue weighted by Gasteiger charge is -2.28. The highest BCUT2D eigenvalue weighted by Gasteiger charge is 2.21. The van der Waals surface area contributed by atoms with E-state index >= 15 is 0 Å². The molecule has 0 aromatic heterocycles. The molecule has 25 heavy (non-hydrogen) atoms. The number of rotatable bonds is 6. The highest BCUT2D eigenvalue weighted by molar-refractivity contribution is 6.17. The van der Waals surface area contributed by atoms with E-state index in [0.29, 0.717) is 37.3 Å². The summed E-state index contributed by atoms with van der Waals surface area (Å²) >= 11 is 0. The van der Waals surface area contributed by atoms with Crippen LogP contribution in [0, 0.1) is 0 Å². The first-order valence-corrected chi connectivity index (χ1v) is 8.47. The number of piperidine rings is 1. The molecule has 2 rings (SSSR count). The van der Waals surface area contributed by atoms with E-state index in [1.54, 1.807) is 13.8 Å². The van der Waals surface area contributed by atoms with Crippen molar-refractivity contribution in [2.24, 2.45) is 0 Å². The molecular weight excluding hydrogens is 322 g/mol. The van der Waals surface area contributed by atoms with Crippen LogP contribution in [0.15, 0.2) is 29.8 Å². The Hall–Kier alpha value is -2.63. The fourth-order valence-electron chi connectivity index (χ4n) is 2.58. The van der Waals surface area contributed by atoms with Gasteiger partial charge in [-0.15, -0.1) is 0 Å². The van der Waals surface area contributed by atoms with Crippen LogP contribution >= 0.6 is 0 Å². The van der Waals surface area contributed by atoms with E-state index in [-0.39, 0.29) is 18.8 Å². The molecule has 134 valence electrons. The summed E-state index contributed by atoms with van der Waals surface area (Å²) < 4.78 is 9.85. The normalized spacial score (nSPS) is 14.0. The molecule has 6 heteroatoms. The number of carbonyl (C=O) groups is 3. The van der Waals surface area contributed by atoms with Crippen molar-refractivity contribution in [1.82, 2.24) is 0 Å². The summed E-state index contributed by atoms with van der Waals surface area (Å²) in [7, 11) is 0. The van der Waals surface area contributed by atoms with Crippen LogP contribution in [0.25, 0.3) is 6.08 Å². The summed E-state index contributed by atoms with van der Waals surface area (Å²) in [6, 6.07) is 7.47. The summed E-state index contributed by atoms with van der Waals surface area (Å²) in [5, 5.41) is 0. The third-order valence-corrected chi connectivity index (χ3v) is 3.88. The molecule has 1 heterocycles. The molecule has 0 saturated carbocycles. The van der Waals surface area contributed by atoms with Crippen LogP contribution in [0.1, 0.15) is 32.3 Å². The van der Waals surface area contributed by atoms with Crippen LogP contribution < -0.4 is 4.90 Å². The van der Waals surface area contributed by atoms with Crippen LogP contribution in [0.4, 0.5) is 5.69 Å². The van der Waals surface area contributed by atoms with Crippen molar-refractivity contribution in [2.45, 2.75) is 26.7 Å². The molecule has 1 aliphatic heterocycles. The van der Waals surface area contributed by atoms with Crippen LogP contribution in [0.5, 0.6) is 0 Å². The van der Waals surface area contributed by atoms with Gasteiger partial charge in [-0.3, -0.25) is 4.79 Å². The van der Waals surface area contributed by atoms with Gasteiger partial charge in [-0.2, -0.15) is 0 Å². The smallest absolute Gasteiger partial charge is 0.345 e. The molecule has 0 spiro atoms. The molecule has 1 fully saturated rings. The summed E-state index contributed by atoms with van der Waals surface area (Å²) in [5.41, 5.74) is 1.59. The van der Waals surface area contributed by atoms with Crippen LogP contribution in [0.3, 0.4) is 0 Å². The van der Waals surface area contributed by atoms with Gasteiger partial charge < -0.3 is 14.4 Å². The summed E-state index contributed by atoms with van der Waals surface area (Å²) in [6.45, 7) is 5.15. The number of nitrogens with zero attached hydrogens (tertiary/aromatic N) is 1. The minimum absolute atomic E-state index is 0.125. The standard InChI is InChI=1S/C19H23NO5/c1-3-24-18(22)17(19(23)25-4-2)13-14-5-7-15(8-6-14)20-11-9-16(21)10-12-20/h5-8,13H,3-4,9-12H2,1-2H3. The first-order valence-electron chi connectivity index (χ1n) is 8.47. The van der Waals surface area contributed by atoms with E-state index in [0.717, 1.165) is 5.69 Å². The second-order valence-electron chi connectivity index (χ2n) is 5.62. The number of ether oxygens (including phenoxy) is 2. The number of esters is 2. The number of ketones is 1. The van der Waals surface area contributed by atoms with Gasteiger partial charge in [0.15, 0.2) is 0 Å². The topological polar surface area (TPSA) is 72.9 Å². The number of hydrogen-bond donors (Lipinski definition) is 0. The van der Waals surface area contributed by atoms with E-state index < -0.39 is 11.9 Å². The summed E-state index contributed by atoms with van der Waals surface area (Å²) in [5.74, 6) is -1.09. The molecular formula is C19H23NO5. The molecule has 0 aliphatic carbocycles. The van der Waals surface area contributed by atoms with E-state index in [9.17, 15) is 14.4 Å². The molecule has 0 N–H and O–H groups in total. The molecule has 0 radical (unpaired) electrons. The fourth-order valence-corrected chi connectivity index (χ4v) is 2.58. The molecule has 0 bridgehead atoms. The van der Waals surface area contributed by atoms with Crippen molar-refractivity contribution < 1.29 is 23.9 Å². The Kier molecular flexibility index (Phi) is 6.74. The van der Waals surface area contributed by atoms with Gasteiger partial charge in [0.05, 0.1) is 13.2 Å². The van der Waals surface area contributed by atoms with Gasteiger partial charge in [0.2, 0.25) is 0 Å². The lowest BCUT2D eigenvalue weighted by molar-refractivity contribution is -0.146. The average Bonchev–Trinajstić information content (AvgIpc) is 2.61. The summed E-state index contributed by atoms with van der Waals surface area (Å²) in [6.07, 6.45) is 2.61. The lowest BCUT2D eigenvalue weighted by Crippen LogP contribution is -2.33. The SMILES string of the molecule is CCOC(=O)C(=Cc1ccc(N2CCC(=O)CC2)cc1)C(=O)OCC. The molecule has 0 unspecified atom stereocenters. The van der Waals surface area contributed by atoms with Crippen molar-refractivity contribution in [3.8, 4) is 0 Å². The predicted molar refractivity (Wildman–Crippen MR) is 94.1 cm³/mol. The molecule has 6 nitrogen and oxygen atoms in total. The molecule has 1 aliphatic rings. The Labute approximate surface area is 147 Å². The fraction of sp³-hybridized carbons (Fsp3) is 0.421. The number of hydrogen-bond acceptors (Lipinski definition) is 6. The van der Waals surface area contributed by atoms with Crippen molar-refractivity contribution in [2.75, 3.05) is 31.2 Å². The van der Waals surface area contributed by atoms with Gasteiger partial charge >= 0.3 is 11.9 Å². The van der Waals surface area contributed by atoms with Crippen LogP contribution in [-0.4, -0.2) is 44.0 Å². The van der Waals surface area contributed by atoms with Crippen molar-refractivity contribution in [3.05, 3.63) is 35.4 Å². The minimum atomic E-state index is -0.695. The average molecular weight is 345 g/mol. The first kappa shape index (κ1) is 18.7. The lowest BCUT2D eigenvalue weighted by atomic mass is 10.1. The van der Waals surface area contributed by atoms with E-state index in [1.165, 1.54) is 6.08 Å². The Bertz CT molecular complexity index is 633. The maximum Gasteiger partial charge on any atom is 0.345 e. The Balaban J connectivity index is 2.17. The zero-order valence-electron chi connectivity index (χ0n) is 14.6. The van der Waals surface area contributed by atoms with Crippen molar-refractivity contribution in [3.63, 3.8) is 0 Å². The predicted octanol–water partition coefficient (Wildman–Crippen LogP) is 2.37. The Morgan fingerprint density at radius 3 is 2.00 bits per heavy atom. The van der Waals surface area contributed by atoms with Crippen molar-refractivity contribution >= 4 is 29.5 Å². The highest BCUT2D eigenvalue weighted by Crippen LogP contribution is 2.20. The quantitative estimate of drug-likeness (QED) is 0.341. The van der Waals surface area contributed by atoms with Gasteiger partial charge in [0.1, 0.15) is 11.4 Å². The van der Waals surface area contributed by atoms with Gasteiger partial charge in [-0.05, 0) is 37.6 Å². The number of Topliss-reactive ketones (excluding diaryl/α,β-unsaturated/α-hetero) is 1. The minimum Gasteiger partial charge on any atom is -0.462 e. The number of anilines is 1. The first-order chi connectivity index (χ1) is 12.0. The molecule has 0 atom stereocenters. The molecule has 0 amide bonds. The van der Waals surface area contributed by atoms with Crippen LogP contribution in [-0.2, 0) is 23.9 Å². The number of carbonyl (C=O) groups excluding carboxylic acids is 3. The molecule has 1 aromatic carbocycles. The molecule has 1 aromatic rings. The zero-order chi connectivity index (χ0) is 18.2. The largest absolute Gasteiger partial charge is 0.462 e. The second-order valence-corrected chi connectivity index (χ2v) is 5.62. The van der Waals surface area contributed by atoms with Gasteiger partial charge in [0, 0.05) is 31.6 Å². The van der Waals surface area contributed by atoms with Gasteiger partial charge in [0.25, 0.3) is 0 Å². The third kappa shape index (κ3) is 5.17. The Morgan fingerprint density at radius 1 is 1.00 bits per heavy atom. The van der Waals surface area contributed by atoms with Gasteiger partial charge in [-0.25, -0.2) is 9.59 Å². The monoisotopic (exact) mass is 345 g/mol. The van der Waals surface area contributed by atoms with Crippen LogP contribution in [0.2, 0.25) is 0 Å². The Morgan fingerprint density at radius 2 is 1.52 bits per heavy atom. The van der Waals surface area contributed by atoms with E-state index in [2.05, 4.69) is 4.90 Å². The van der Waals surface area contributed by atoms with E-state index in [4.69, 9.17) is 9.47 Å². The van der Waals surface area contributed by atoms with E-state index in [1.807, 2.05) is 24.3 Å². The maximum absolute atomic E-state index is 12.0. The third-order valence-electron chi connectivity index (χ3n) is 3.88.